The van der Waals surface area contributed by atoms with E-state index in [0.717, 1.165) is 5.69 Å². The molecular formula is C4H5N2NaO2S. The molecule has 1 rings (SSSR count). The van der Waals surface area contributed by atoms with Gasteiger partial charge in [0.1, 0.15) is 0 Å². The average molecular weight is 168 g/mol. The molecule has 0 bridgehead atoms. The minimum atomic E-state index is -0.250. The zero-order valence-electron chi connectivity index (χ0n) is 5.74. The van der Waals surface area contributed by atoms with E-state index < -0.39 is 0 Å². The Bertz CT molecular complexity index is 156. The third-order valence-corrected chi connectivity index (χ3v) is 0.975. The Kier molecular flexibility index (Phi) is 11.5. The number of hydrogen-bond acceptors (Lipinski definition) is 4. The molecule has 0 saturated heterocycles. The predicted molar refractivity (Wildman–Crippen MR) is 32.2 cm³/mol. The van der Waals surface area contributed by atoms with Gasteiger partial charge in [0.25, 0.3) is 6.47 Å². The smallest absolute Gasteiger partial charge is 0.483 e. The van der Waals surface area contributed by atoms with Crippen LogP contribution >= 0.6 is 11.5 Å². The summed E-state index contributed by atoms with van der Waals surface area (Å²) in [6.45, 7) is 1.61. The van der Waals surface area contributed by atoms with Crippen LogP contribution in [0.25, 0.3) is 0 Å². The summed E-state index contributed by atoms with van der Waals surface area (Å²) in [4.78, 5) is 8.36. The zero-order valence-corrected chi connectivity index (χ0v) is 8.55. The summed E-state index contributed by atoms with van der Waals surface area (Å²) in [7, 11) is 0. The molecule has 4 nitrogen and oxygen atoms in total. The average Bonchev–Trinajstić information content (AvgIpc) is 2.20. The number of aryl methyl sites for hydroxylation is 1. The Balaban J connectivity index is 0. The maximum absolute atomic E-state index is 8.36. The Hall–Kier alpha value is 0.0300. The van der Waals surface area contributed by atoms with Crippen LogP contribution in [0.15, 0.2) is 0 Å². The zero-order chi connectivity index (χ0) is 7.11. The fraction of sp³-hybridized carbons (Fsp3) is 0.250. The molecule has 0 spiro atoms. The predicted octanol–water partition coefficient (Wildman–Crippen LogP) is -2.65. The molecule has 0 aliphatic heterocycles. The molecule has 50 valence electrons. The molecular weight excluding hydrogens is 163 g/mol. The van der Waals surface area contributed by atoms with Gasteiger partial charge in [0.05, 0.1) is 0 Å². The maximum Gasteiger partial charge on any atom is 1.00 e. The molecule has 0 aliphatic rings. The summed E-state index contributed by atoms with van der Waals surface area (Å²) in [5.74, 6) is 0. The topological polar surface area (TPSA) is 63.1 Å². The summed E-state index contributed by atoms with van der Waals surface area (Å²) in [6.07, 6.45) is 0. The molecule has 1 aromatic rings. The molecule has 6 heteroatoms. The number of carbonyl (C=O) groups is 1. The number of carboxylic acid groups (broad SMARTS) is 1. The molecule has 0 atom stereocenters. The van der Waals surface area contributed by atoms with Crippen LogP contribution in [0.2, 0.25) is 0 Å². The van der Waals surface area contributed by atoms with E-state index in [0.29, 0.717) is 0 Å². The van der Waals surface area contributed by atoms with Gasteiger partial charge in [-0.25, -0.2) is 11.5 Å². The Morgan fingerprint density at radius 1 is 1.80 bits per heavy atom. The van der Waals surface area contributed by atoms with Crippen LogP contribution in [0.4, 0.5) is 0 Å². The number of hydrogen-bond donors (Lipinski definition) is 1. The van der Waals surface area contributed by atoms with Gasteiger partial charge in [0, 0.05) is 0 Å². The van der Waals surface area contributed by atoms with Crippen molar-refractivity contribution < 1.29 is 39.5 Å². The van der Waals surface area contributed by atoms with Crippen molar-refractivity contribution in [3.8, 4) is 0 Å². The van der Waals surface area contributed by atoms with Crippen molar-refractivity contribution in [1.82, 2.24) is 9.59 Å². The van der Waals surface area contributed by atoms with Gasteiger partial charge in [-0.1, -0.05) is 6.92 Å². The molecule has 0 saturated carbocycles. The van der Waals surface area contributed by atoms with Gasteiger partial charge in [0.15, 0.2) is 0 Å². The van der Waals surface area contributed by atoms with Crippen molar-refractivity contribution >= 4 is 18.0 Å². The first kappa shape index (κ1) is 12.7. The van der Waals surface area contributed by atoms with Crippen molar-refractivity contribution in [2.75, 3.05) is 0 Å². The summed E-state index contributed by atoms with van der Waals surface area (Å²) < 4.78 is 3.56. The van der Waals surface area contributed by atoms with Gasteiger partial charge >= 0.3 is 29.6 Å². The van der Waals surface area contributed by atoms with E-state index in [-0.39, 0.29) is 36.0 Å². The minimum absolute atomic E-state index is 0. The first-order valence-electron chi connectivity index (χ1n) is 2.05. The second kappa shape index (κ2) is 9.03. The number of nitrogens with zero attached hydrogens (tertiary/aromatic N) is 2. The first-order chi connectivity index (χ1) is 4.31. The van der Waals surface area contributed by atoms with Gasteiger partial charge in [0.2, 0.25) is 0 Å². The maximum atomic E-state index is 8.36. The summed E-state index contributed by atoms with van der Waals surface area (Å²) in [5.41, 5.74) is 0.875. The van der Waals surface area contributed by atoms with E-state index in [2.05, 4.69) is 15.0 Å². The summed E-state index contributed by atoms with van der Waals surface area (Å²) in [6, 6.07) is 0. The fourth-order valence-electron chi connectivity index (χ4n) is 0.189. The van der Waals surface area contributed by atoms with Crippen molar-refractivity contribution in [1.29, 1.82) is 0 Å². The molecule has 0 aliphatic carbocycles. The second-order valence-electron chi connectivity index (χ2n) is 1.07. The van der Waals surface area contributed by atoms with Crippen LogP contribution in [-0.4, -0.2) is 21.2 Å². The molecule has 1 heterocycles. The standard InChI is InChI=1S/C3H3N2S.CH2O2.Na/c1-3-2-6-5-4-3;2-1-3;/h1H3;1H,(H,2,3);/q-1;;+1. The van der Waals surface area contributed by atoms with Crippen molar-refractivity contribution in [3.05, 3.63) is 11.1 Å². The normalized spacial score (nSPS) is 6.50. The quantitative estimate of drug-likeness (QED) is 0.261. The van der Waals surface area contributed by atoms with Crippen LogP contribution < -0.4 is 29.6 Å². The summed E-state index contributed by atoms with van der Waals surface area (Å²) in [5, 5.41) is 13.3. The molecule has 10 heavy (non-hydrogen) atoms. The molecule has 0 fully saturated rings. The van der Waals surface area contributed by atoms with Crippen LogP contribution in [0.1, 0.15) is 5.69 Å². The third kappa shape index (κ3) is 8.03. The van der Waals surface area contributed by atoms with Crippen LogP contribution in [0.3, 0.4) is 0 Å². The fourth-order valence-corrected chi connectivity index (χ4v) is 0.566. The van der Waals surface area contributed by atoms with Crippen molar-refractivity contribution in [3.63, 3.8) is 0 Å². The van der Waals surface area contributed by atoms with E-state index in [1.807, 2.05) is 6.92 Å². The SMILES string of the molecule is Cc1[c-]snn1.O=CO.[Na+]. The number of aromatic nitrogens is 2. The van der Waals surface area contributed by atoms with Gasteiger partial charge in [-0.05, 0) is 0 Å². The van der Waals surface area contributed by atoms with E-state index in [1.54, 1.807) is 0 Å². The Labute approximate surface area is 84.7 Å². The van der Waals surface area contributed by atoms with Gasteiger partial charge in [-0.2, -0.15) is 5.10 Å². The van der Waals surface area contributed by atoms with E-state index in [4.69, 9.17) is 9.90 Å². The molecule has 0 unspecified atom stereocenters. The van der Waals surface area contributed by atoms with E-state index >= 15 is 0 Å². The van der Waals surface area contributed by atoms with Crippen LogP contribution in [0.5, 0.6) is 0 Å². The Morgan fingerprint density at radius 2 is 2.30 bits per heavy atom. The van der Waals surface area contributed by atoms with Gasteiger partial charge in [-0.3, -0.25) is 4.79 Å². The molecule has 0 amide bonds. The second-order valence-corrected chi connectivity index (χ2v) is 1.62. The Morgan fingerprint density at radius 3 is 2.40 bits per heavy atom. The van der Waals surface area contributed by atoms with E-state index in [9.17, 15) is 0 Å². The monoisotopic (exact) mass is 168 g/mol. The molecule has 0 aromatic carbocycles. The van der Waals surface area contributed by atoms with Crippen molar-refractivity contribution in [2.45, 2.75) is 6.92 Å². The van der Waals surface area contributed by atoms with Crippen molar-refractivity contribution in [2.24, 2.45) is 0 Å². The van der Waals surface area contributed by atoms with Crippen LogP contribution in [-0.2, 0) is 4.79 Å². The molecule has 1 N–H and O–H groups in total. The minimum Gasteiger partial charge on any atom is -0.483 e. The number of rotatable bonds is 0. The molecule has 0 radical (unpaired) electrons. The van der Waals surface area contributed by atoms with E-state index in [1.165, 1.54) is 11.5 Å². The molecule has 1 aromatic heterocycles. The summed E-state index contributed by atoms with van der Waals surface area (Å²) >= 11 is 1.25. The van der Waals surface area contributed by atoms with Gasteiger partial charge < -0.3 is 10.5 Å². The van der Waals surface area contributed by atoms with Gasteiger partial charge in [-0.15, -0.1) is 10.2 Å². The third-order valence-electron chi connectivity index (χ3n) is 0.425. The van der Waals surface area contributed by atoms with Crippen LogP contribution in [0, 0.1) is 12.3 Å². The largest absolute Gasteiger partial charge is 1.00 e. The first-order valence-corrected chi connectivity index (χ1v) is 2.83.